The van der Waals surface area contributed by atoms with Crippen molar-refractivity contribution in [2.24, 2.45) is 0 Å². The zero-order valence-corrected chi connectivity index (χ0v) is 16.5. The molecule has 0 atom stereocenters. The van der Waals surface area contributed by atoms with Crippen molar-refractivity contribution < 1.29 is 26.3 Å². The van der Waals surface area contributed by atoms with Gasteiger partial charge in [0.05, 0.1) is 21.6 Å². The predicted octanol–water partition coefficient (Wildman–Crippen LogP) is 4.03. The Balaban J connectivity index is 2.08. The van der Waals surface area contributed by atoms with Crippen molar-refractivity contribution in [3.05, 3.63) is 52.8 Å². The van der Waals surface area contributed by atoms with Gasteiger partial charge in [-0.25, -0.2) is 4.98 Å². The summed E-state index contributed by atoms with van der Waals surface area (Å²) in [5.41, 5.74) is -0.646. The fraction of sp³-hybridized carbons (Fsp3) is 0.176. The number of nitrogens with zero attached hydrogens (tertiary/aromatic N) is 4. The molecule has 3 aromatic rings. The van der Waals surface area contributed by atoms with Crippen LogP contribution in [0, 0.1) is 11.3 Å². The second kappa shape index (κ2) is 7.22. The third kappa shape index (κ3) is 3.87. The maximum atomic E-state index is 12.8. The average molecular weight is 445 g/mol. The van der Waals surface area contributed by atoms with Crippen molar-refractivity contribution >= 4 is 32.8 Å². The number of aromatic nitrogens is 2. The summed E-state index contributed by atoms with van der Waals surface area (Å²) in [6, 6.07) is 8.47. The Labute approximate surface area is 168 Å². The molecule has 152 valence electrons. The van der Waals surface area contributed by atoms with E-state index in [-0.39, 0.29) is 33.4 Å². The number of imidazole rings is 1. The molecule has 0 saturated carbocycles. The third-order valence-electron chi connectivity index (χ3n) is 3.86. The number of ether oxygens (including phenoxy) is 1. The fourth-order valence-corrected chi connectivity index (χ4v) is 3.69. The monoisotopic (exact) mass is 444 g/mol. The lowest BCUT2D eigenvalue weighted by Crippen LogP contribution is -2.29. The highest BCUT2D eigenvalue weighted by molar-refractivity contribution is 7.87. The number of nitriles is 1. The van der Waals surface area contributed by atoms with Gasteiger partial charge in [0.15, 0.2) is 0 Å². The molecule has 0 aliphatic carbocycles. The molecular formula is C17H12ClF3N4O3S. The number of benzene rings is 2. The van der Waals surface area contributed by atoms with Crippen molar-refractivity contribution in [1.29, 1.82) is 5.26 Å². The van der Waals surface area contributed by atoms with Crippen LogP contribution in [0.15, 0.2) is 36.4 Å². The van der Waals surface area contributed by atoms with Crippen LogP contribution in [0.2, 0.25) is 5.02 Å². The fourth-order valence-electron chi connectivity index (χ4n) is 2.45. The van der Waals surface area contributed by atoms with E-state index in [4.69, 9.17) is 16.3 Å². The van der Waals surface area contributed by atoms with Gasteiger partial charge in [0, 0.05) is 20.2 Å². The highest BCUT2D eigenvalue weighted by atomic mass is 35.5. The lowest BCUT2D eigenvalue weighted by molar-refractivity contribution is -0.137. The number of hydrogen-bond donors (Lipinski definition) is 0. The quantitative estimate of drug-likeness (QED) is 0.606. The lowest BCUT2D eigenvalue weighted by atomic mass is 10.2. The summed E-state index contributed by atoms with van der Waals surface area (Å²) in [7, 11) is -1.47. The van der Waals surface area contributed by atoms with Gasteiger partial charge in [-0.3, -0.25) is 0 Å². The van der Waals surface area contributed by atoms with Crippen LogP contribution in [0.4, 0.5) is 13.2 Å². The van der Waals surface area contributed by atoms with E-state index in [0.29, 0.717) is 0 Å². The summed E-state index contributed by atoms with van der Waals surface area (Å²) in [6.07, 6.45) is -4.55. The van der Waals surface area contributed by atoms with Gasteiger partial charge >= 0.3 is 16.4 Å². The Kier molecular flexibility index (Phi) is 5.20. The first-order chi connectivity index (χ1) is 13.4. The number of alkyl halides is 3. The van der Waals surface area contributed by atoms with Crippen molar-refractivity contribution in [3.8, 4) is 17.6 Å². The van der Waals surface area contributed by atoms with Crippen molar-refractivity contribution in [3.63, 3.8) is 0 Å². The van der Waals surface area contributed by atoms with Gasteiger partial charge in [-0.1, -0.05) is 11.6 Å². The van der Waals surface area contributed by atoms with E-state index >= 15 is 0 Å². The number of halogens is 4. The molecule has 0 radical (unpaired) electrons. The Bertz CT molecular complexity index is 1250. The van der Waals surface area contributed by atoms with Gasteiger partial charge in [-0.2, -0.15) is 35.1 Å². The first kappa shape index (κ1) is 20.9. The maximum Gasteiger partial charge on any atom is 0.416 e. The molecular weight excluding hydrogens is 433 g/mol. The maximum absolute atomic E-state index is 12.8. The van der Waals surface area contributed by atoms with Crippen LogP contribution in [0.1, 0.15) is 11.4 Å². The van der Waals surface area contributed by atoms with Crippen LogP contribution < -0.4 is 4.74 Å². The standard InChI is InChI=1S/C17H12ClF3N4O3S/c1-24(2)29(26,27)25-14-8-11(4-5-13(14)23-16(25)9-22)28-15-6-3-10(7-12(15)18)17(19,20)21/h3-8H,1-2H3. The van der Waals surface area contributed by atoms with Gasteiger partial charge in [-0.15, -0.1) is 0 Å². The van der Waals surface area contributed by atoms with Crippen molar-refractivity contribution in [2.45, 2.75) is 6.18 Å². The Morgan fingerprint density at radius 1 is 1.21 bits per heavy atom. The summed E-state index contributed by atoms with van der Waals surface area (Å²) in [4.78, 5) is 3.97. The third-order valence-corrected chi connectivity index (χ3v) is 5.91. The summed E-state index contributed by atoms with van der Waals surface area (Å²) < 4.78 is 70.6. The second-order valence-corrected chi connectivity index (χ2v) is 8.40. The molecule has 2 aromatic carbocycles. The lowest BCUT2D eigenvalue weighted by Gasteiger charge is -2.14. The largest absolute Gasteiger partial charge is 0.456 e. The normalized spacial score (nSPS) is 12.3. The van der Waals surface area contributed by atoms with Crippen molar-refractivity contribution in [2.75, 3.05) is 14.1 Å². The molecule has 0 aliphatic heterocycles. The Hall–Kier alpha value is -2.81. The van der Waals surface area contributed by atoms with Crippen molar-refractivity contribution in [1.82, 2.24) is 13.3 Å². The minimum atomic E-state index is -4.55. The molecule has 0 amide bonds. The SMILES string of the molecule is CN(C)S(=O)(=O)n1c(C#N)nc2ccc(Oc3ccc(C(F)(F)F)cc3Cl)cc21. The Morgan fingerprint density at radius 2 is 1.90 bits per heavy atom. The number of hydrogen-bond acceptors (Lipinski definition) is 5. The van der Waals surface area contributed by atoms with Crippen LogP contribution in [0.25, 0.3) is 11.0 Å². The molecule has 0 bridgehead atoms. The molecule has 12 heteroatoms. The molecule has 0 fully saturated rings. The first-order valence-electron chi connectivity index (χ1n) is 7.85. The van der Waals surface area contributed by atoms with Gasteiger partial charge in [-0.05, 0) is 30.3 Å². The predicted molar refractivity (Wildman–Crippen MR) is 99.0 cm³/mol. The highest BCUT2D eigenvalue weighted by Gasteiger charge is 2.31. The van der Waals surface area contributed by atoms with Gasteiger partial charge < -0.3 is 4.74 Å². The molecule has 0 aliphatic rings. The van der Waals surface area contributed by atoms with E-state index in [0.717, 1.165) is 26.5 Å². The van der Waals surface area contributed by atoms with E-state index in [2.05, 4.69) is 4.98 Å². The molecule has 0 unspecified atom stereocenters. The zero-order chi connectivity index (χ0) is 21.6. The summed E-state index contributed by atoms with van der Waals surface area (Å²) in [6.45, 7) is 0. The summed E-state index contributed by atoms with van der Waals surface area (Å²) in [5, 5.41) is 8.97. The second-order valence-electron chi connectivity index (χ2n) is 6.00. The molecule has 3 rings (SSSR count). The van der Waals surface area contributed by atoms with Crippen LogP contribution in [0.3, 0.4) is 0 Å². The minimum Gasteiger partial charge on any atom is -0.456 e. The van der Waals surface area contributed by atoms with E-state index in [1.807, 2.05) is 0 Å². The zero-order valence-electron chi connectivity index (χ0n) is 14.9. The number of fused-ring (bicyclic) bond motifs is 1. The molecule has 29 heavy (non-hydrogen) atoms. The molecule has 1 aromatic heterocycles. The molecule has 1 heterocycles. The smallest absolute Gasteiger partial charge is 0.416 e. The summed E-state index contributed by atoms with van der Waals surface area (Å²) in [5.74, 6) is -0.307. The number of rotatable bonds is 4. The van der Waals surface area contributed by atoms with Crippen LogP contribution in [-0.2, 0) is 16.4 Å². The average Bonchev–Trinajstić information content (AvgIpc) is 3.01. The van der Waals surface area contributed by atoms with Crippen LogP contribution in [0.5, 0.6) is 11.5 Å². The van der Waals surface area contributed by atoms with E-state index in [1.165, 1.54) is 32.3 Å². The molecule has 0 spiro atoms. The molecule has 0 saturated heterocycles. The van der Waals surface area contributed by atoms with Gasteiger partial charge in [0.1, 0.15) is 17.6 Å². The molecule has 0 N–H and O–H groups in total. The summed E-state index contributed by atoms with van der Waals surface area (Å²) >= 11 is 5.89. The van der Waals surface area contributed by atoms with E-state index in [9.17, 15) is 26.9 Å². The van der Waals surface area contributed by atoms with Gasteiger partial charge in [0.2, 0.25) is 5.82 Å². The molecule has 7 nitrogen and oxygen atoms in total. The first-order valence-corrected chi connectivity index (χ1v) is 9.63. The topological polar surface area (TPSA) is 88.2 Å². The Morgan fingerprint density at radius 3 is 2.45 bits per heavy atom. The van der Waals surface area contributed by atoms with Crippen LogP contribution >= 0.6 is 11.6 Å². The van der Waals surface area contributed by atoms with Gasteiger partial charge in [0.25, 0.3) is 0 Å². The van der Waals surface area contributed by atoms with Crippen LogP contribution in [-0.4, -0.2) is 35.8 Å². The highest BCUT2D eigenvalue weighted by Crippen LogP contribution is 2.37. The minimum absolute atomic E-state index is 0.0546. The van der Waals surface area contributed by atoms with E-state index < -0.39 is 21.9 Å². The van der Waals surface area contributed by atoms with E-state index in [1.54, 1.807) is 6.07 Å².